The third-order valence-electron chi connectivity index (χ3n) is 3.00. The van der Waals surface area contributed by atoms with Crippen molar-refractivity contribution in [2.45, 2.75) is 6.92 Å². The minimum atomic E-state index is 0.676. The van der Waals surface area contributed by atoms with Gasteiger partial charge in [-0.15, -0.1) is 0 Å². The first kappa shape index (κ1) is 12.2. The van der Waals surface area contributed by atoms with E-state index < -0.39 is 0 Å². The molecule has 0 bridgehead atoms. The van der Waals surface area contributed by atoms with Gasteiger partial charge in [0.1, 0.15) is 12.4 Å². The number of morpholine rings is 1. The Hall–Kier alpha value is -1.26. The minimum Gasteiger partial charge on any atom is -0.490 e. The second-order valence-corrected chi connectivity index (χ2v) is 4.30. The summed E-state index contributed by atoms with van der Waals surface area (Å²) in [6, 6.07) is 5.83. The molecule has 1 aliphatic heterocycles. The molecule has 2 rings (SSSR count). The number of nitrogens with zero attached hydrogens (tertiary/aromatic N) is 1. The van der Waals surface area contributed by atoms with E-state index in [1.54, 1.807) is 0 Å². The molecule has 1 saturated heterocycles. The maximum absolute atomic E-state index is 5.88. The van der Waals surface area contributed by atoms with Crippen LogP contribution in [0.4, 0.5) is 5.69 Å². The van der Waals surface area contributed by atoms with Crippen LogP contribution in [0.3, 0.4) is 0 Å². The lowest BCUT2D eigenvalue weighted by atomic mass is 10.2. The highest BCUT2D eigenvalue weighted by molar-refractivity contribution is 5.56. The number of hydrogen-bond donors (Lipinski definition) is 1. The monoisotopic (exact) mass is 236 g/mol. The highest BCUT2D eigenvalue weighted by atomic mass is 16.5. The largest absolute Gasteiger partial charge is 0.490 e. The third-order valence-corrected chi connectivity index (χ3v) is 3.00. The predicted octanol–water partition coefficient (Wildman–Crippen LogP) is 1.29. The van der Waals surface area contributed by atoms with Gasteiger partial charge < -0.3 is 15.2 Å². The number of para-hydroxylation sites is 1. The van der Waals surface area contributed by atoms with Gasteiger partial charge in [0.25, 0.3) is 0 Å². The van der Waals surface area contributed by atoms with Crippen LogP contribution in [-0.4, -0.2) is 44.4 Å². The lowest BCUT2D eigenvalue weighted by Crippen LogP contribution is -2.38. The Kier molecular flexibility index (Phi) is 4.23. The van der Waals surface area contributed by atoms with Crippen molar-refractivity contribution in [2.75, 3.05) is 45.2 Å². The van der Waals surface area contributed by atoms with Gasteiger partial charge in [-0.25, -0.2) is 0 Å². The van der Waals surface area contributed by atoms with E-state index in [0.717, 1.165) is 44.2 Å². The maximum atomic E-state index is 5.88. The number of nitrogens with two attached hydrogens (primary N) is 1. The van der Waals surface area contributed by atoms with Crippen molar-refractivity contribution in [3.05, 3.63) is 23.8 Å². The van der Waals surface area contributed by atoms with Gasteiger partial charge >= 0.3 is 0 Å². The summed E-state index contributed by atoms with van der Waals surface area (Å²) in [6.07, 6.45) is 0. The van der Waals surface area contributed by atoms with E-state index in [2.05, 4.69) is 4.90 Å². The summed E-state index contributed by atoms with van der Waals surface area (Å²) in [7, 11) is 0. The fourth-order valence-corrected chi connectivity index (χ4v) is 1.97. The summed E-state index contributed by atoms with van der Waals surface area (Å²) < 4.78 is 11.1. The number of nitrogen functional groups attached to an aromatic ring is 1. The van der Waals surface area contributed by atoms with Gasteiger partial charge in [-0.2, -0.15) is 0 Å². The molecular formula is C13H20N2O2. The van der Waals surface area contributed by atoms with Crippen LogP contribution in [0.1, 0.15) is 5.56 Å². The molecule has 0 unspecified atom stereocenters. The first-order valence-electron chi connectivity index (χ1n) is 6.05. The second-order valence-electron chi connectivity index (χ2n) is 4.30. The van der Waals surface area contributed by atoms with Gasteiger partial charge in [0, 0.05) is 19.6 Å². The molecule has 0 radical (unpaired) electrons. The Bertz CT molecular complexity index is 342. The Morgan fingerprint density at radius 3 is 2.82 bits per heavy atom. The lowest BCUT2D eigenvalue weighted by Gasteiger charge is -2.26. The molecule has 2 N–H and O–H groups in total. The Morgan fingerprint density at radius 2 is 2.12 bits per heavy atom. The minimum absolute atomic E-state index is 0.676. The van der Waals surface area contributed by atoms with Gasteiger partial charge in [0.2, 0.25) is 0 Å². The van der Waals surface area contributed by atoms with Crippen molar-refractivity contribution in [2.24, 2.45) is 0 Å². The van der Waals surface area contributed by atoms with Crippen LogP contribution in [0, 0.1) is 6.92 Å². The summed E-state index contributed by atoms with van der Waals surface area (Å²) >= 11 is 0. The molecule has 0 saturated carbocycles. The third kappa shape index (κ3) is 3.35. The van der Waals surface area contributed by atoms with E-state index in [1.165, 1.54) is 0 Å². The van der Waals surface area contributed by atoms with Crippen LogP contribution in [0.2, 0.25) is 0 Å². The fraction of sp³-hybridized carbons (Fsp3) is 0.538. The normalized spacial score (nSPS) is 17.0. The zero-order valence-electron chi connectivity index (χ0n) is 10.3. The molecule has 94 valence electrons. The van der Waals surface area contributed by atoms with Crippen molar-refractivity contribution >= 4 is 5.69 Å². The smallest absolute Gasteiger partial charge is 0.145 e. The van der Waals surface area contributed by atoms with E-state index >= 15 is 0 Å². The van der Waals surface area contributed by atoms with E-state index in [0.29, 0.717) is 12.3 Å². The van der Waals surface area contributed by atoms with Crippen molar-refractivity contribution in [1.82, 2.24) is 4.90 Å². The average molecular weight is 236 g/mol. The molecule has 1 aliphatic rings. The van der Waals surface area contributed by atoms with Crippen LogP contribution in [0.25, 0.3) is 0 Å². The molecule has 0 aliphatic carbocycles. The lowest BCUT2D eigenvalue weighted by molar-refractivity contribution is 0.0322. The average Bonchev–Trinajstić information content (AvgIpc) is 2.34. The summed E-state index contributed by atoms with van der Waals surface area (Å²) in [5.74, 6) is 0.820. The van der Waals surface area contributed by atoms with E-state index in [9.17, 15) is 0 Å². The summed E-state index contributed by atoms with van der Waals surface area (Å²) in [5.41, 5.74) is 7.69. The van der Waals surface area contributed by atoms with Gasteiger partial charge in [-0.3, -0.25) is 4.90 Å². The van der Waals surface area contributed by atoms with Crippen LogP contribution < -0.4 is 10.5 Å². The molecule has 1 aromatic rings. The van der Waals surface area contributed by atoms with Crippen LogP contribution in [0.5, 0.6) is 5.75 Å². The topological polar surface area (TPSA) is 47.7 Å². The first-order valence-corrected chi connectivity index (χ1v) is 6.05. The predicted molar refractivity (Wildman–Crippen MR) is 68.3 cm³/mol. The van der Waals surface area contributed by atoms with Crippen molar-refractivity contribution in [3.8, 4) is 5.75 Å². The van der Waals surface area contributed by atoms with Crippen LogP contribution in [-0.2, 0) is 4.74 Å². The molecule has 1 fully saturated rings. The molecule has 17 heavy (non-hydrogen) atoms. The zero-order valence-corrected chi connectivity index (χ0v) is 10.3. The van der Waals surface area contributed by atoms with Gasteiger partial charge in [-0.05, 0) is 18.6 Å². The molecule has 0 spiro atoms. The Morgan fingerprint density at radius 1 is 1.35 bits per heavy atom. The Balaban J connectivity index is 1.81. The highest BCUT2D eigenvalue weighted by Gasteiger charge is 2.10. The number of anilines is 1. The molecular weight excluding hydrogens is 216 g/mol. The van der Waals surface area contributed by atoms with Crippen molar-refractivity contribution < 1.29 is 9.47 Å². The van der Waals surface area contributed by atoms with Gasteiger partial charge in [-0.1, -0.05) is 12.1 Å². The quantitative estimate of drug-likeness (QED) is 0.800. The number of rotatable bonds is 4. The molecule has 4 nitrogen and oxygen atoms in total. The van der Waals surface area contributed by atoms with Gasteiger partial charge in [0.05, 0.1) is 18.9 Å². The SMILES string of the molecule is Cc1cccc(N)c1OCCN1CCOCC1. The van der Waals surface area contributed by atoms with Crippen LogP contribution in [0.15, 0.2) is 18.2 Å². The van der Waals surface area contributed by atoms with E-state index in [4.69, 9.17) is 15.2 Å². The fourth-order valence-electron chi connectivity index (χ4n) is 1.97. The number of hydrogen-bond acceptors (Lipinski definition) is 4. The van der Waals surface area contributed by atoms with Crippen LogP contribution >= 0.6 is 0 Å². The summed E-state index contributed by atoms with van der Waals surface area (Å²) in [5, 5.41) is 0. The maximum Gasteiger partial charge on any atom is 0.145 e. The summed E-state index contributed by atoms with van der Waals surface area (Å²) in [4.78, 5) is 2.35. The second kappa shape index (κ2) is 5.89. The van der Waals surface area contributed by atoms with E-state index in [-0.39, 0.29) is 0 Å². The first-order chi connectivity index (χ1) is 8.27. The molecule has 4 heteroatoms. The zero-order chi connectivity index (χ0) is 12.1. The summed E-state index contributed by atoms with van der Waals surface area (Å²) in [6.45, 7) is 7.25. The molecule has 0 amide bonds. The molecule has 1 heterocycles. The van der Waals surface area contributed by atoms with E-state index in [1.807, 2.05) is 25.1 Å². The number of aryl methyl sites for hydroxylation is 1. The highest BCUT2D eigenvalue weighted by Crippen LogP contribution is 2.25. The van der Waals surface area contributed by atoms with Crippen molar-refractivity contribution in [1.29, 1.82) is 0 Å². The van der Waals surface area contributed by atoms with Crippen molar-refractivity contribution in [3.63, 3.8) is 0 Å². The number of benzene rings is 1. The Labute approximate surface area is 102 Å². The molecule has 1 aromatic carbocycles. The molecule has 0 aromatic heterocycles. The molecule has 0 atom stereocenters. The number of ether oxygens (including phenoxy) is 2. The van der Waals surface area contributed by atoms with Gasteiger partial charge in [0.15, 0.2) is 0 Å². The standard InChI is InChI=1S/C13H20N2O2/c1-11-3-2-4-12(14)13(11)17-10-7-15-5-8-16-9-6-15/h2-4H,5-10,14H2,1H3.